The minimum absolute atomic E-state index is 0.104. The van der Waals surface area contributed by atoms with E-state index in [0.29, 0.717) is 23.5 Å². The van der Waals surface area contributed by atoms with Crippen LogP contribution in [0, 0.1) is 0 Å². The Morgan fingerprint density at radius 1 is 1.35 bits per heavy atom. The Bertz CT molecular complexity index is 660. The van der Waals surface area contributed by atoms with Crippen LogP contribution in [0.1, 0.15) is 23.1 Å². The van der Waals surface area contributed by atoms with Gasteiger partial charge in [0.15, 0.2) is 0 Å². The fourth-order valence-corrected chi connectivity index (χ4v) is 1.99. The molecule has 0 spiro atoms. The van der Waals surface area contributed by atoms with Crippen molar-refractivity contribution in [2.45, 2.75) is 13.3 Å². The quantitative estimate of drug-likeness (QED) is 0.791. The van der Waals surface area contributed by atoms with Crippen molar-refractivity contribution in [2.75, 3.05) is 13.7 Å². The maximum absolute atomic E-state index is 11.5. The summed E-state index contributed by atoms with van der Waals surface area (Å²) in [7, 11) is 3.15. The first-order chi connectivity index (χ1) is 9.56. The lowest BCUT2D eigenvalue weighted by Crippen LogP contribution is -2.11. The summed E-state index contributed by atoms with van der Waals surface area (Å²) in [5, 5.41) is 0. The van der Waals surface area contributed by atoms with Crippen LogP contribution in [0.25, 0.3) is 11.0 Å². The lowest BCUT2D eigenvalue weighted by Gasteiger charge is -2.02. The third-order valence-electron chi connectivity index (χ3n) is 3.00. The van der Waals surface area contributed by atoms with Crippen molar-refractivity contribution in [3.8, 4) is 0 Å². The fourth-order valence-electron chi connectivity index (χ4n) is 1.99. The van der Waals surface area contributed by atoms with Crippen molar-refractivity contribution in [3.05, 3.63) is 29.6 Å². The first-order valence-electron chi connectivity index (χ1n) is 6.26. The average molecular weight is 276 g/mol. The van der Waals surface area contributed by atoms with E-state index in [4.69, 9.17) is 4.74 Å². The van der Waals surface area contributed by atoms with Gasteiger partial charge in [-0.2, -0.15) is 0 Å². The Labute approximate surface area is 116 Å². The SMILES string of the molecule is CCOC(=O)Cc1nc2cc(C(=O)OC)ccc2n1C. The van der Waals surface area contributed by atoms with E-state index in [0.717, 1.165) is 5.52 Å². The standard InChI is InChI=1S/C14H16N2O4/c1-4-20-13(17)8-12-15-10-7-9(14(18)19-3)5-6-11(10)16(12)2/h5-7H,4,8H2,1-3H3. The van der Waals surface area contributed by atoms with Crippen molar-refractivity contribution in [2.24, 2.45) is 7.05 Å². The average Bonchev–Trinajstić information content (AvgIpc) is 2.74. The van der Waals surface area contributed by atoms with Gasteiger partial charge in [-0.15, -0.1) is 0 Å². The van der Waals surface area contributed by atoms with Gasteiger partial charge < -0.3 is 14.0 Å². The van der Waals surface area contributed by atoms with Gasteiger partial charge in [0.1, 0.15) is 12.2 Å². The Balaban J connectivity index is 2.36. The summed E-state index contributed by atoms with van der Waals surface area (Å²) in [5.41, 5.74) is 1.92. The van der Waals surface area contributed by atoms with Gasteiger partial charge in [-0.25, -0.2) is 9.78 Å². The highest BCUT2D eigenvalue weighted by atomic mass is 16.5. The van der Waals surface area contributed by atoms with Crippen LogP contribution in [-0.4, -0.2) is 35.2 Å². The van der Waals surface area contributed by atoms with Crippen molar-refractivity contribution >= 4 is 23.0 Å². The zero-order chi connectivity index (χ0) is 14.7. The van der Waals surface area contributed by atoms with Crippen LogP contribution in [0.15, 0.2) is 18.2 Å². The first-order valence-corrected chi connectivity index (χ1v) is 6.26. The Morgan fingerprint density at radius 3 is 2.75 bits per heavy atom. The second-order valence-corrected chi connectivity index (χ2v) is 4.26. The Hall–Kier alpha value is -2.37. The molecule has 2 aromatic rings. The largest absolute Gasteiger partial charge is 0.466 e. The number of benzene rings is 1. The van der Waals surface area contributed by atoms with Crippen molar-refractivity contribution in [3.63, 3.8) is 0 Å². The summed E-state index contributed by atoms with van der Waals surface area (Å²) in [4.78, 5) is 27.4. The van der Waals surface area contributed by atoms with Gasteiger partial charge in [0.2, 0.25) is 0 Å². The molecule has 2 rings (SSSR count). The van der Waals surface area contributed by atoms with Crippen LogP contribution in [0.2, 0.25) is 0 Å². The van der Waals surface area contributed by atoms with Gasteiger partial charge in [-0.05, 0) is 25.1 Å². The van der Waals surface area contributed by atoms with Gasteiger partial charge in [-0.1, -0.05) is 0 Å². The van der Waals surface area contributed by atoms with Crippen molar-refractivity contribution < 1.29 is 19.1 Å². The van der Waals surface area contributed by atoms with Crippen LogP contribution in [0.4, 0.5) is 0 Å². The normalized spacial score (nSPS) is 10.6. The molecular formula is C14H16N2O4. The Morgan fingerprint density at radius 2 is 2.10 bits per heavy atom. The molecule has 0 amide bonds. The number of hydrogen-bond acceptors (Lipinski definition) is 5. The molecule has 0 unspecified atom stereocenters. The number of rotatable bonds is 4. The van der Waals surface area contributed by atoms with Crippen LogP contribution in [0.3, 0.4) is 0 Å². The molecule has 0 atom stereocenters. The second-order valence-electron chi connectivity index (χ2n) is 4.26. The number of nitrogens with zero attached hydrogens (tertiary/aromatic N) is 2. The molecule has 1 aromatic heterocycles. The fraction of sp³-hybridized carbons (Fsp3) is 0.357. The van der Waals surface area contributed by atoms with Gasteiger partial charge in [0, 0.05) is 7.05 Å². The zero-order valence-electron chi connectivity index (χ0n) is 11.7. The molecule has 20 heavy (non-hydrogen) atoms. The van der Waals surface area contributed by atoms with Crippen molar-refractivity contribution in [1.82, 2.24) is 9.55 Å². The molecule has 0 aliphatic rings. The van der Waals surface area contributed by atoms with E-state index in [-0.39, 0.29) is 12.4 Å². The van der Waals surface area contributed by atoms with E-state index in [2.05, 4.69) is 9.72 Å². The number of carbonyl (C=O) groups is 2. The number of imidazole rings is 1. The smallest absolute Gasteiger partial charge is 0.337 e. The lowest BCUT2D eigenvalue weighted by molar-refractivity contribution is -0.142. The molecule has 0 aliphatic carbocycles. The lowest BCUT2D eigenvalue weighted by atomic mass is 10.2. The number of fused-ring (bicyclic) bond motifs is 1. The topological polar surface area (TPSA) is 70.4 Å². The highest BCUT2D eigenvalue weighted by molar-refractivity contribution is 5.93. The van der Waals surface area contributed by atoms with E-state index in [9.17, 15) is 9.59 Å². The molecule has 6 nitrogen and oxygen atoms in total. The van der Waals surface area contributed by atoms with E-state index >= 15 is 0 Å². The number of hydrogen-bond donors (Lipinski definition) is 0. The highest BCUT2D eigenvalue weighted by Crippen LogP contribution is 2.18. The van der Waals surface area contributed by atoms with Crippen LogP contribution in [0.5, 0.6) is 0 Å². The van der Waals surface area contributed by atoms with Gasteiger partial charge >= 0.3 is 11.9 Å². The summed E-state index contributed by atoms with van der Waals surface area (Å²) in [6.07, 6.45) is 0.104. The maximum atomic E-state index is 11.5. The summed E-state index contributed by atoms with van der Waals surface area (Å²) in [6.45, 7) is 2.10. The molecule has 1 aromatic carbocycles. The zero-order valence-corrected chi connectivity index (χ0v) is 11.7. The molecule has 0 saturated heterocycles. The number of carbonyl (C=O) groups excluding carboxylic acids is 2. The van der Waals surface area contributed by atoms with E-state index in [1.807, 2.05) is 11.6 Å². The predicted octanol–water partition coefficient (Wildman–Crippen LogP) is 1.47. The summed E-state index contributed by atoms with van der Waals surface area (Å²) in [6, 6.07) is 5.10. The maximum Gasteiger partial charge on any atom is 0.337 e. The molecule has 0 N–H and O–H groups in total. The molecule has 6 heteroatoms. The highest BCUT2D eigenvalue weighted by Gasteiger charge is 2.14. The molecule has 0 bridgehead atoms. The molecule has 106 valence electrons. The van der Waals surface area contributed by atoms with Crippen LogP contribution < -0.4 is 0 Å². The van der Waals surface area contributed by atoms with Crippen LogP contribution >= 0.6 is 0 Å². The molecule has 0 radical (unpaired) electrons. The summed E-state index contributed by atoms with van der Waals surface area (Å²) < 4.78 is 11.4. The molecule has 0 fully saturated rings. The summed E-state index contributed by atoms with van der Waals surface area (Å²) in [5.74, 6) is -0.135. The molecule has 0 aliphatic heterocycles. The minimum atomic E-state index is -0.413. The monoisotopic (exact) mass is 276 g/mol. The van der Waals surface area contributed by atoms with E-state index < -0.39 is 5.97 Å². The van der Waals surface area contributed by atoms with Gasteiger partial charge in [0.05, 0.1) is 30.3 Å². The van der Waals surface area contributed by atoms with Gasteiger partial charge in [-0.3, -0.25) is 4.79 Å². The number of aromatic nitrogens is 2. The number of methoxy groups -OCH3 is 1. The number of ether oxygens (including phenoxy) is 2. The number of esters is 2. The first kappa shape index (κ1) is 14.0. The van der Waals surface area contributed by atoms with Crippen LogP contribution in [-0.2, 0) is 27.7 Å². The third-order valence-corrected chi connectivity index (χ3v) is 3.00. The molecular weight excluding hydrogens is 260 g/mol. The van der Waals surface area contributed by atoms with E-state index in [1.165, 1.54) is 7.11 Å². The predicted molar refractivity (Wildman–Crippen MR) is 72.4 cm³/mol. The van der Waals surface area contributed by atoms with Gasteiger partial charge in [0.25, 0.3) is 0 Å². The molecule has 0 saturated carbocycles. The summed E-state index contributed by atoms with van der Waals surface area (Å²) >= 11 is 0. The third kappa shape index (κ3) is 2.64. The molecule has 1 heterocycles. The minimum Gasteiger partial charge on any atom is -0.466 e. The number of aryl methyl sites for hydroxylation is 1. The van der Waals surface area contributed by atoms with E-state index in [1.54, 1.807) is 25.1 Å². The van der Waals surface area contributed by atoms with Crippen molar-refractivity contribution in [1.29, 1.82) is 0 Å². The Kier molecular flexibility index (Phi) is 4.02. The second kappa shape index (κ2) is 5.73.